The van der Waals surface area contributed by atoms with Gasteiger partial charge >= 0.3 is 0 Å². The van der Waals surface area contributed by atoms with Crippen LogP contribution >= 0.6 is 23.1 Å². The minimum absolute atomic E-state index is 0.0251. The fourth-order valence-electron chi connectivity index (χ4n) is 2.21. The molecule has 23 heavy (non-hydrogen) atoms. The first-order chi connectivity index (χ1) is 11.3. The van der Waals surface area contributed by atoms with Gasteiger partial charge in [-0.15, -0.1) is 10.2 Å². The number of hydrogen-bond acceptors (Lipinski definition) is 5. The largest absolute Gasteiger partial charge is 0.344 e. The summed E-state index contributed by atoms with van der Waals surface area (Å²) in [6.45, 7) is 0. The van der Waals surface area contributed by atoms with Gasteiger partial charge < -0.3 is 5.32 Å². The lowest BCUT2D eigenvalue weighted by Gasteiger charge is -2.19. The van der Waals surface area contributed by atoms with Gasteiger partial charge in [0.05, 0.1) is 11.8 Å². The predicted molar refractivity (Wildman–Crippen MR) is 93.5 cm³/mol. The van der Waals surface area contributed by atoms with E-state index in [-0.39, 0.29) is 11.9 Å². The van der Waals surface area contributed by atoms with E-state index in [0.717, 1.165) is 15.5 Å². The standard InChI is InChI=1S/C17H15N3OS2/c21-15(11-22-17-20-18-12-23-17)19-16(13-7-3-1-4-8-13)14-9-5-2-6-10-14/h1-10,12,16H,11H2,(H,19,21). The van der Waals surface area contributed by atoms with Gasteiger partial charge in [0, 0.05) is 0 Å². The van der Waals surface area contributed by atoms with Crippen molar-refractivity contribution in [1.29, 1.82) is 0 Å². The Kier molecular flexibility index (Phi) is 5.39. The fourth-order valence-corrected chi connectivity index (χ4v) is 3.51. The molecule has 1 amide bonds. The highest BCUT2D eigenvalue weighted by atomic mass is 32.2. The summed E-state index contributed by atoms with van der Waals surface area (Å²) >= 11 is 2.84. The molecular formula is C17H15N3OS2. The third-order valence-corrected chi connectivity index (χ3v) is 5.10. The van der Waals surface area contributed by atoms with Crippen LogP contribution in [0.5, 0.6) is 0 Å². The third kappa shape index (κ3) is 4.40. The van der Waals surface area contributed by atoms with Crippen LogP contribution in [0.4, 0.5) is 0 Å². The first-order valence-corrected chi connectivity index (χ1v) is 8.97. The van der Waals surface area contributed by atoms with Crippen molar-refractivity contribution < 1.29 is 4.79 Å². The number of carbonyl (C=O) groups excluding carboxylic acids is 1. The summed E-state index contributed by atoms with van der Waals surface area (Å²) in [5.41, 5.74) is 3.79. The topological polar surface area (TPSA) is 54.9 Å². The second kappa shape index (κ2) is 7.89. The summed E-state index contributed by atoms with van der Waals surface area (Å²) in [7, 11) is 0. The lowest BCUT2D eigenvalue weighted by molar-refractivity contribution is -0.119. The van der Waals surface area contributed by atoms with E-state index < -0.39 is 0 Å². The average molecular weight is 341 g/mol. The molecule has 0 spiro atoms. The molecule has 0 bridgehead atoms. The van der Waals surface area contributed by atoms with Gasteiger partial charge in [-0.2, -0.15) is 0 Å². The Morgan fingerprint density at radius 3 is 2.17 bits per heavy atom. The number of rotatable bonds is 6. The minimum atomic E-state index is -0.153. The van der Waals surface area contributed by atoms with Gasteiger partial charge in [0.25, 0.3) is 0 Å². The lowest BCUT2D eigenvalue weighted by atomic mass is 9.99. The van der Waals surface area contributed by atoms with Crippen molar-refractivity contribution in [3.63, 3.8) is 0 Å². The Bertz CT molecular complexity index is 694. The van der Waals surface area contributed by atoms with Crippen LogP contribution in [0, 0.1) is 0 Å². The monoisotopic (exact) mass is 341 g/mol. The summed E-state index contributed by atoms with van der Waals surface area (Å²) < 4.78 is 0.802. The molecule has 1 aromatic heterocycles. The number of hydrogen-bond donors (Lipinski definition) is 1. The smallest absolute Gasteiger partial charge is 0.231 e. The maximum absolute atomic E-state index is 12.3. The Morgan fingerprint density at radius 1 is 1.04 bits per heavy atom. The summed E-state index contributed by atoms with van der Waals surface area (Å²) in [6.07, 6.45) is 0. The molecule has 0 aliphatic heterocycles. The summed E-state index contributed by atoms with van der Waals surface area (Å²) in [6, 6.07) is 19.8. The van der Waals surface area contributed by atoms with Crippen molar-refractivity contribution in [3.8, 4) is 0 Å². The number of aromatic nitrogens is 2. The van der Waals surface area contributed by atoms with E-state index in [4.69, 9.17) is 0 Å². The molecule has 0 aliphatic rings. The first-order valence-electron chi connectivity index (χ1n) is 7.11. The highest BCUT2D eigenvalue weighted by molar-refractivity contribution is 8.01. The molecule has 1 heterocycles. The van der Waals surface area contributed by atoms with Gasteiger partial charge in [0.1, 0.15) is 5.51 Å². The highest BCUT2D eigenvalue weighted by Crippen LogP contribution is 2.23. The molecule has 3 rings (SSSR count). The second-order valence-electron chi connectivity index (χ2n) is 4.82. The Labute approximate surface area is 143 Å². The van der Waals surface area contributed by atoms with E-state index in [1.54, 1.807) is 5.51 Å². The molecule has 0 atom stereocenters. The molecule has 6 heteroatoms. The quantitative estimate of drug-likeness (QED) is 0.697. The number of nitrogens with zero attached hydrogens (tertiary/aromatic N) is 2. The maximum atomic E-state index is 12.3. The molecular weight excluding hydrogens is 326 g/mol. The van der Waals surface area contributed by atoms with E-state index in [9.17, 15) is 4.79 Å². The first kappa shape index (κ1) is 15.7. The fraction of sp³-hybridized carbons (Fsp3) is 0.118. The van der Waals surface area contributed by atoms with Gasteiger partial charge in [0.15, 0.2) is 4.34 Å². The molecule has 0 aliphatic carbocycles. The van der Waals surface area contributed by atoms with Crippen LogP contribution in [0.1, 0.15) is 17.2 Å². The number of benzene rings is 2. The number of carbonyl (C=O) groups is 1. The summed E-state index contributed by atoms with van der Waals surface area (Å²) in [5, 5.41) is 10.8. The van der Waals surface area contributed by atoms with Crippen LogP contribution in [0.3, 0.4) is 0 Å². The van der Waals surface area contributed by atoms with E-state index >= 15 is 0 Å². The van der Waals surface area contributed by atoms with E-state index in [0.29, 0.717) is 5.75 Å². The molecule has 116 valence electrons. The van der Waals surface area contributed by atoms with Gasteiger partial charge in [0.2, 0.25) is 5.91 Å². The molecule has 2 aromatic carbocycles. The van der Waals surface area contributed by atoms with Crippen molar-refractivity contribution in [2.75, 3.05) is 5.75 Å². The highest BCUT2D eigenvalue weighted by Gasteiger charge is 2.16. The van der Waals surface area contributed by atoms with E-state index in [1.807, 2.05) is 60.7 Å². The van der Waals surface area contributed by atoms with Crippen LogP contribution in [0.2, 0.25) is 0 Å². The molecule has 0 saturated carbocycles. The average Bonchev–Trinajstić information content (AvgIpc) is 3.13. The Morgan fingerprint density at radius 2 is 1.65 bits per heavy atom. The van der Waals surface area contributed by atoms with Gasteiger partial charge in [-0.05, 0) is 11.1 Å². The van der Waals surface area contributed by atoms with Crippen molar-refractivity contribution in [3.05, 3.63) is 77.3 Å². The van der Waals surface area contributed by atoms with Crippen LogP contribution in [0.25, 0.3) is 0 Å². The normalized spacial score (nSPS) is 10.7. The van der Waals surface area contributed by atoms with Crippen LogP contribution in [-0.4, -0.2) is 21.9 Å². The Hall–Kier alpha value is -2.18. The van der Waals surface area contributed by atoms with Crippen LogP contribution < -0.4 is 5.32 Å². The SMILES string of the molecule is O=C(CSc1nncs1)NC(c1ccccc1)c1ccccc1. The van der Waals surface area contributed by atoms with E-state index in [2.05, 4.69) is 15.5 Å². The predicted octanol–water partition coefficient (Wildman–Crippen LogP) is 3.54. The lowest BCUT2D eigenvalue weighted by Crippen LogP contribution is -2.30. The molecule has 3 aromatic rings. The van der Waals surface area contributed by atoms with Gasteiger partial charge in [-0.25, -0.2) is 0 Å². The van der Waals surface area contributed by atoms with Crippen molar-refractivity contribution in [1.82, 2.24) is 15.5 Å². The van der Waals surface area contributed by atoms with Gasteiger partial charge in [-0.1, -0.05) is 83.8 Å². The van der Waals surface area contributed by atoms with Crippen molar-refractivity contribution in [2.24, 2.45) is 0 Å². The van der Waals surface area contributed by atoms with E-state index in [1.165, 1.54) is 23.1 Å². The molecule has 0 fully saturated rings. The second-order valence-corrected chi connectivity index (χ2v) is 6.87. The molecule has 0 radical (unpaired) electrons. The number of nitrogens with one attached hydrogen (secondary N) is 1. The number of amides is 1. The zero-order valence-electron chi connectivity index (χ0n) is 12.3. The van der Waals surface area contributed by atoms with Crippen molar-refractivity contribution in [2.45, 2.75) is 10.4 Å². The molecule has 1 N–H and O–H groups in total. The molecule has 4 nitrogen and oxygen atoms in total. The van der Waals surface area contributed by atoms with Gasteiger partial charge in [-0.3, -0.25) is 4.79 Å². The molecule has 0 unspecified atom stereocenters. The van der Waals surface area contributed by atoms with Crippen molar-refractivity contribution >= 4 is 29.0 Å². The zero-order chi connectivity index (χ0) is 15.9. The zero-order valence-corrected chi connectivity index (χ0v) is 13.9. The summed E-state index contributed by atoms with van der Waals surface area (Å²) in [4.78, 5) is 12.3. The summed E-state index contributed by atoms with van der Waals surface area (Å²) in [5.74, 6) is 0.300. The van der Waals surface area contributed by atoms with Crippen LogP contribution in [-0.2, 0) is 4.79 Å². The number of thioether (sulfide) groups is 1. The Balaban J connectivity index is 1.72. The third-order valence-electron chi connectivity index (χ3n) is 3.24. The molecule has 0 saturated heterocycles. The maximum Gasteiger partial charge on any atom is 0.231 e. The minimum Gasteiger partial charge on any atom is -0.344 e. The van der Waals surface area contributed by atoms with Crippen LogP contribution in [0.15, 0.2) is 70.5 Å².